The lowest BCUT2D eigenvalue weighted by atomic mass is 9.84. The number of thiophene rings is 1. The van der Waals surface area contributed by atoms with Gasteiger partial charge in [0.05, 0.1) is 10.3 Å². The first kappa shape index (κ1) is 15.0. The molecule has 20 heavy (non-hydrogen) atoms. The van der Waals surface area contributed by atoms with E-state index in [0.29, 0.717) is 25.9 Å². The normalized spacial score (nSPS) is 22.2. The van der Waals surface area contributed by atoms with Crippen molar-refractivity contribution >= 4 is 23.2 Å². The van der Waals surface area contributed by atoms with Crippen molar-refractivity contribution < 1.29 is 14.7 Å². The van der Waals surface area contributed by atoms with Crippen molar-refractivity contribution in [3.8, 4) is 0 Å². The maximum absolute atomic E-state index is 12.5. The predicted molar refractivity (Wildman–Crippen MR) is 79.3 cm³/mol. The number of nitrogens with zero attached hydrogens (tertiary/aromatic N) is 1. The Labute approximate surface area is 123 Å². The number of carboxylic acids is 1. The second-order valence-electron chi connectivity index (χ2n) is 5.46. The molecule has 2 rings (SSSR count). The van der Waals surface area contributed by atoms with Crippen molar-refractivity contribution in [1.82, 2.24) is 4.90 Å². The zero-order valence-corrected chi connectivity index (χ0v) is 13.0. The Balaban J connectivity index is 2.17. The molecule has 0 saturated carbocycles. The molecule has 5 heteroatoms. The minimum Gasteiger partial charge on any atom is -0.481 e. The molecule has 1 saturated heterocycles. The molecule has 4 nitrogen and oxygen atoms in total. The van der Waals surface area contributed by atoms with Gasteiger partial charge in [-0.25, -0.2) is 0 Å². The van der Waals surface area contributed by atoms with E-state index in [4.69, 9.17) is 0 Å². The number of rotatable bonds is 4. The molecule has 1 atom stereocenters. The van der Waals surface area contributed by atoms with Gasteiger partial charge in [0.15, 0.2) is 0 Å². The van der Waals surface area contributed by atoms with E-state index in [9.17, 15) is 14.7 Å². The monoisotopic (exact) mass is 295 g/mol. The predicted octanol–water partition coefficient (Wildman–Crippen LogP) is 2.95. The fraction of sp³-hybridized carbons (Fsp3) is 0.600. The van der Waals surface area contributed by atoms with Crippen LogP contribution in [0.3, 0.4) is 0 Å². The first-order valence-electron chi connectivity index (χ1n) is 7.05. The van der Waals surface area contributed by atoms with E-state index >= 15 is 0 Å². The summed E-state index contributed by atoms with van der Waals surface area (Å²) in [7, 11) is 0. The Kier molecular flexibility index (Phi) is 4.18. The molecule has 1 fully saturated rings. The molecule has 1 amide bonds. The summed E-state index contributed by atoms with van der Waals surface area (Å²) in [6.07, 6.45) is 2.04. The number of hydrogen-bond donors (Lipinski definition) is 1. The van der Waals surface area contributed by atoms with E-state index in [2.05, 4.69) is 6.92 Å². The zero-order valence-electron chi connectivity index (χ0n) is 12.2. The van der Waals surface area contributed by atoms with E-state index in [0.717, 1.165) is 11.3 Å². The van der Waals surface area contributed by atoms with E-state index in [1.807, 2.05) is 19.9 Å². The number of carbonyl (C=O) groups is 2. The molecule has 0 aliphatic carbocycles. The Morgan fingerprint density at radius 2 is 2.15 bits per heavy atom. The number of carbonyl (C=O) groups excluding carboxylic acids is 1. The molecule has 0 radical (unpaired) electrons. The minimum absolute atomic E-state index is 0.0191. The van der Waals surface area contributed by atoms with Gasteiger partial charge >= 0.3 is 5.97 Å². The Hall–Kier alpha value is -1.36. The van der Waals surface area contributed by atoms with Crippen LogP contribution in [-0.2, 0) is 11.2 Å². The molecular weight excluding hydrogens is 274 g/mol. The molecule has 1 N–H and O–H groups in total. The molecule has 1 aromatic heterocycles. The maximum atomic E-state index is 12.5. The van der Waals surface area contributed by atoms with Crippen molar-refractivity contribution in [2.24, 2.45) is 5.41 Å². The van der Waals surface area contributed by atoms with Gasteiger partial charge in [0.25, 0.3) is 5.91 Å². The summed E-state index contributed by atoms with van der Waals surface area (Å²) in [6.45, 7) is 6.85. The molecule has 110 valence electrons. The standard InChI is InChI=1S/C15H21NO3S/c1-4-11-8-12(20-10(11)3)13(17)16-7-6-15(5-2,9-16)14(18)19/h8H,4-7,9H2,1-3H3,(H,18,19). The number of carboxylic acid groups (broad SMARTS) is 1. The molecule has 2 heterocycles. The Morgan fingerprint density at radius 3 is 2.60 bits per heavy atom. The van der Waals surface area contributed by atoms with E-state index in [1.54, 1.807) is 4.90 Å². The largest absolute Gasteiger partial charge is 0.481 e. The summed E-state index contributed by atoms with van der Waals surface area (Å²) in [6, 6.07) is 1.95. The lowest BCUT2D eigenvalue weighted by molar-refractivity contribution is -0.148. The van der Waals surface area contributed by atoms with Crippen molar-refractivity contribution in [1.29, 1.82) is 0 Å². The van der Waals surface area contributed by atoms with Crippen molar-refractivity contribution in [3.63, 3.8) is 0 Å². The molecule has 1 aliphatic rings. The highest BCUT2D eigenvalue weighted by molar-refractivity contribution is 7.14. The van der Waals surface area contributed by atoms with Crippen LogP contribution in [0.15, 0.2) is 6.07 Å². The van der Waals surface area contributed by atoms with Crippen LogP contribution in [0.1, 0.15) is 46.8 Å². The smallest absolute Gasteiger partial charge is 0.311 e. The van der Waals surface area contributed by atoms with Gasteiger partial charge < -0.3 is 10.0 Å². The quantitative estimate of drug-likeness (QED) is 0.929. The average molecular weight is 295 g/mol. The molecule has 0 spiro atoms. The summed E-state index contributed by atoms with van der Waals surface area (Å²) in [4.78, 5) is 27.5. The fourth-order valence-corrected chi connectivity index (χ4v) is 3.87. The minimum atomic E-state index is -0.785. The van der Waals surface area contributed by atoms with Crippen LogP contribution in [0.4, 0.5) is 0 Å². The first-order valence-corrected chi connectivity index (χ1v) is 7.87. The number of hydrogen-bond acceptors (Lipinski definition) is 3. The lowest BCUT2D eigenvalue weighted by Gasteiger charge is -2.22. The van der Waals surface area contributed by atoms with Crippen LogP contribution in [0.25, 0.3) is 0 Å². The summed E-state index contributed by atoms with van der Waals surface area (Å²) in [5.74, 6) is -0.804. The average Bonchev–Trinajstić information content (AvgIpc) is 3.02. The lowest BCUT2D eigenvalue weighted by Crippen LogP contribution is -2.36. The third-order valence-electron chi connectivity index (χ3n) is 4.38. The fourth-order valence-electron chi connectivity index (χ4n) is 2.79. The summed E-state index contributed by atoms with van der Waals surface area (Å²) < 4.78 is 0. The summed E-state index contributed by atoms with van der Waals surface area (Å²) in [5, 5.41) is 9.38. The van der Waals surface area contributed by atoms with Gasteiger partial charge in [0.2, 0.25) is 0 Å². The van der Waals surface area contributed by atoms with Crippen LogP contribution in [-0.4, -0.2) is 35.0 Å². The van der Waals surface area contributed by atoms with Gasteiger partial charge in [-0.2, -0.15) is 0 Å². The van der Waals surface area contributed by atoms with Gasteiger partial charge in [-0.15, -0.1) is 11.3 Å². The molecule has 0 aromatic carbocycles. The third kappa shape index (κ3) is 2.46. The van der Waals surface area contributed by atoms with Gasteiger partial charge in [-0.3, -0.25) is 9.59 Å². The second-order valence-corrected chi connectivity index (χ2v) is 6.72. The maximum Gasteiger partial charge on any atom is 0.311 e. The van der Waals surface area contributed by atoms with Crippen LogP contribution < -0.4 is 0 Å². The SMILES string of the molecule is CCc1cc(C(=O)N2CCC(CC)(C(=O)O)C2)sc1C. The number of likely N-dealkylation sites (tertiary alicyclic amines) is 1. The van der Waals surface area contributed by atoms with Crippen LogP contribution in [0.2, 0.25) is 0 Å². The van der Waals surface area contributed by atoms with Gasteiger partial charge in [-0.05, 0) is 37.8 Å². The highest BCUT2D eigenvalue weighted by Gasteiger charge is 2.45. The third-order valence-corrected chi connectivity index (χ3v) is 5.46. The van der Waals surface area contributed by atoms with Gasteiger partial charge in [0.1, 0.15) is 0 Å². The van der Waals surface area contributed by atoms with Crippen LogP contribution in [0.5, 0.6) is 0 Å². The first-order chi connectivity index (χ1) is 9.43. The van der Waals surface area contributed by atoms with Crippen molar-refractivity contribution in [2.75, 3.05) is 13.1 Å². The van der Waals surface area contributed by atoms with Crippen molar-refractivity contribution in [2.45, 2.75) is 40.0 Å². The Bertz CT molecular complexity index is 537. The molecular formula is C15H21NO3S. The summed E-state index contributed by atoms with van der Waals surface area (Å²) >= 11 is 1.51. The topological polar surface area (TPSA) is 57.6 Å². The summed E-state index contributed by atoms with van der Waals surface area (Å²) in [5.41, 5.74) is 0.452. The molecule has 1 aromatic rings. The van der Waals surface area contributed by atoms with Gasteiger partial charge in [-0.1, -0.05) is 13.8 Å². The van der Waals surface area contributed by atoms with Crippen LogP contribution >= 0.6 is 11.3 Å². The van der Waals surface area contributed by atoms with Crippen LogP contribution in [0, 0.1) is 12.3 Å². The number of aliphatic carboxylic acids is 1. The molecule has 1 unspecified atom stereocenters. The zero-order chi connectivity index (χ0) is 14.9. The highest BCUT2D eigenvalue weighted by Crippen LogP contribution is 2.35. The highest BCUT2D eigenvalue weighted by atomic mass is 32.1. The van der Waals surface area contributed by atoms with E-state index < -0.39 is 11.4 Å². The van der Waals surface area contributed by atoms with Gasteiger partial charge in [0, 0.05) is 18.0 Å². The number of aryl methyl sites for hydroxylation is 2. The van der Waals surface area contributed by atoms with E-state index in [-0.39, 0.29) is 5.91 Å². The Morgan fingerprint density at radius 1 is 1.45 bits per heavy atom. The number of amides is 1. The molecule has 0 bridgehead atoms. The van der Waals surface area contributed by atoms with Crippen molar-refractivity contribution in [3.05, 3.63) is 21.4 Å². The van der Waals surface area contributed by atoms with E-state index in [1.165, 1.54) is 21.8 Å². The molecule has 1 aliphatic heterocycles. The second kappa shape index (κ2) is 5.56.